The van der Waals surface area contributed by atoms with E-state index in [0.717, 1.165) is 10.5 Å². The number of ether oxygens (including phenoxy) is 4. The summed E-state index contributed by atoms with van der Waals surface area (Å²) in [6, 6.07) is 10.0. The highest BCUT2D eigenvalue weighted by Crippen LogP contribution is 2.31. The first-order valence-corrected chi connectivity index (χ1v) is 9.37. The number of carbonyl (C=O) groups is 2. The Bertz CT molecular complexity index is 908. The van der Waals surface area contributed by atoms with Crippen LogP contribution in [-0.4, -0.2) is 71.1 Å². The highest BCUT2D eigenvalue weighted by atomic mass is 19.1. The Kier molecular flexibility index (Phi) is 6.73. The predicted molar refractivity (Wildman–Crippen MR) is 104 cm³/mol. The number of carboxylic acids is 1. The van der Waals surface area contributed by atoms with Crippen molar-refractivity contribution in [3.8, 4) is 17.8 Å². The molecule has 1 N–H and O–H groups in total. The number of carbonyl (C=O) groups excluding carboxylic acids is 1. The van der Waals surface area contributed by atoms with Crippen molar-refractivity contribution in [2.75, 3.05) is 27.3 Å². The molecule has 1 aromatic heterocycles. The van der Waals surface area contributed by atoms with Gasteiger partial charge in [-0.25, -0.2) is 14.0 Å². The van der Waals surface area contributed by atoms with Crippen LogP contribution in [0, 0.1) is 0 Å². The quantitative estimate of drug-likeness (QED) is 0.697. The van der Waals surface area contributed by atoms with Crippen LogP contribution in [0.2, 0.25) is 0 Å². The summed E-state index contributed by atoms with van der Waals surface area (Å²) in [7, 11) is 2.73. The van der Waals surface area contributed by atoms with Crippen molar-refractivity contribution in [2.45, 2.75) is 24.8 Å². The van der Waals surface area contributed by atoms with Crippen molar-refractivity contribution in [3.05, 3.63) is 42.0 Å². The number of halogens is 1. The second kappa shape index (κ2) is 9.45. The highest BCUT2D eigenvalue weighted by Gasteiger charge is 2.54. The van der Waals surface area contributed by atoms with Crippen LogP contribution in [0.4, 0.5) is 9.18 Å². The third-order valence-corrected chi connectivity index (χ3v) is 4.74. The normalized spacial score (nSPS) is 20.6. The molecule has 31 heavy (non-hydrogen) atoms. The topological polar surface area (TPSA) is 120 Å². The minimum atomic E-state index is -2.90. The number of nitrogens with zero attached hydrogens (tertiary/aromatic N) is 3. The van der Waals surface area contributed by atoms with E-state index in [1.807, 2.05) is 6.07 Å². The highest BCUT2D eigenvalue weighted by molar-refractivity contribution is 5.80. The zero-order valence-corrected chi connectivity index (χ0v) is 17.0. The Morgan fingerprint density at radius 1 is 1.19 bits per heavy atom. The second-order valence-electron chi connectivity index (χ2n) is 6.76. The Balaban J connectivity index is 1.70. The molecule has 2 unspecified atom stereocenters. The predicted octanol–water partition coefficient (Wildman–Crippen LogP) is 2.08. The Morgan fingerprint density at radius 2 is 1.84 bits per heavy atom. The molecule has 1 aliphatic heterocycles. The molecular formula is C20H22FN3O7. The molecule has 0 saturated carbocycles. The maximum Gasteiger partial charge on any atom is 0.410 e. The second-order valence-corrected chi connectivity index (χ2v) is 6.76. The van der Waals surface area contributed by atoms with Gasteiger partial charge in [0.2, 0.25) is 11.8 Å². The molecule has 2 heterocycles. The molecule has 2 atom stereocenters. The molecule has 1 fully saturated rings. The van der Waals surface area contributed by atoms with E-state index < -0.39 is 30.4 Å². The summed E-state index contributed by atoms with van der Waals surface area (Å²) in [4.78, 5) is 33.0. The molecule has 0 spiro atoms. The number of hydrogen-bond donors (Lipinski definition) is 1. The average Bonchev–Trinajstić information content (AvgIpc) is 2.79. The van der Waals surface area contributed by atoms with Gasteiger partial charge >= 0.3 is 18.1 Å². The number of benzene rings is 1. The summed E-state index contributed by atoms with van der Waals surface area (Å²) in [5.41, 5.74) is -2.15. The molecular weight excluding hydrogens is 413 g/mol. The zero-order chi connectivity index (χ0) is 22.4. The maximum atomic E-state index is 15.5. The average molecular weight is 435 g/mol. The lowest BCUT2D eigenvalue weighted by Crippen LogP contribution is -2.61. The number of carboxylic acid groups (broad SMARTS) is 1. The van der Waals surface area contributed by atoms with Gasteiger partial charge in [-0.15, -0.1) is 0 Å². The first kappa shape index (κ1) is 22.1. The fourth-order valence-electron chi connectivity index (χ4n) is 3.06. The molecule has 0 bridgehead atoms. The van der Waals surface area contributed by atoms with Crippen molar-refractivity contribution in [2.24, 2.45) is 0 Å². The largest absolute Gasteiger partial charge is 0.481 e. The van der Waals surface area contributed by atoms with Crippen LogP contribution in [-0.2, 0) is 16.1 Å². The molecule has 0 aliphatic carbocycles. The number of amides is 1. The van der Waals surface area contributed by atoms with Crippen molar-refractivity contribution in [1.82, 2.24) is 14.9 Å². The van der Waals surface area contributed by atoms with Gasteiger partial charge in [-0.1, -0.05) is 30.3 Å². The van der Waals surface area contributed by atoms with Gasteiger partial charge in [-0.05, 0) is 5.56 Å². The van der Waals surface area contributed by atoms with Gasteiger partial charge in [0.1, 0.15) is 6.61 Å². The lowest BCUT2D eigenvalue weighted by Gasteiger charge is -2.39. The van der Waals surface area contributed by atoms with Crippen LogP contribution in [0.3, 0.4) is 0 Å². The number of aliphatic carboxylic acids is 1. The number of rotatable bonds is 7. The van der Waals surface area contributed by atoms with E-state index in [1.54, 1.807) is 24.3 Å². The minimum Gasteiger partial charge on any atom is -0.481 e. The van der Waals surface area contributed by atoms with Crippen LogP contribution in [0.25, 0.3) is 0 Å². The van der Waals surface area contributed by atoms with Gasteiger partial charge in [0.15, 0.2) is 6.10 Å². The first-order chi connectivity index (χ1) is 14.9. The smallest absolute Gasteiger partial charge is 0.410 e. The Hall–Kier alpha value is -3.63. The van der Waals surface area contributed by atoms with Crippen LogP contribution in [0.5, 0.6) is 17.8 Å². The third-order valence-electron chi connectivity index (χ3n) is 4.74. The standard InChI is InChI=1S/C20H22FN3O7/c1-28-15-10-16(29-2)23-18(22-15)31-14-8-9-24(12-20(14,21)17(25)26)19(27)30-11-13-6-4-3-5-7-13/h3-7,10,14H,8-9,11-12H2,1-2H3,(H,25,26). The number of alkyl halides is 1. The molecule has 10 nitrogen and oxygen atoms in total. The monoisotopic (exact) mass is 435 g/mol. The number of piperidine rings is 1. The van der Waals surface area contributed by atoms with E-state index in [4.69, 9.17) is 18.9 Å². The van der Waals surface area contributed by atoms with Gasteiger partial charge in [-0.2, -0.15) is 9.97 Å². The van der Waals surface area contributed by atoms with E-state index in [0.29, 0.717) is 0 Å². The SMILES string of the molecule is COc1cc(OC)nc(OC2CCN(C(=O)OCc3ccccc3)CC2(F)C(=O)O)n1. The molecule has 1 amide bonds. The van der Waals surface area contributed by atoms with Crippen LogP contribution >= 0.6 is 0 Å². The van der Waals surface area contributed by atoms with Crippen molar-refractivity contribution < 1.29 is 38.0 Å². The van der Waals surface area contributed by atoms with Gasteiger partial charge in [0.05, 0.1) is 26.8 Å². The van der Waals surface area contributed by atoms with Gasteiger partial charge in [-0.3, -0.25) is 0 Å². The summed E-state index contributed by atoms with van der Waals surface area (Å²) < 4.78 is 36.1. The summed E-state index contributed by atoms with van der Waals surface area (Å²) in [5.74, 6) is -1.57. The van der Waals surface area contributed by atoms with E-state index >= 15 is 4.39 Å². The van der Waals surface area contributed by atoms with Gasteiger partial charge in [0.25, 0.3) is 5.67 Å². The third kappa shape index (κ3) is 5.11. The number of methoxy groups -OCH3 is 2. The molecule has 0 radical (unpaired) electrons. The zero-order valence-electron chi connectivity index (χ0n) is 17.0. The van der Waals surface area contributed by atoms with E-state index in [2.05, 4.69) is 9.97 Å². The van der Waals surface area contributed by atoms with Crippen LogP contribution < -0.4 is 14.2 Å². The summed E-state index contributed by atoms with van der Waals surface area (Å²) in [5, 5.41) is 9.53. The minimum absolute atomic E-state index is 0.0140. The summed E-state index contributed by atoms with van der Waals surface area (Å²) in [6.45, 7) is -0.736. The van der Waals surface area contributed by atoms with E-state index in [9.17, 15) is 14.7 Å². The number of hydrogen-bond acceptors (Lipinski definition) is 8. The van der Waals surface area contributed by atoms with Crippen molar-refractivity contribution >= 4 is 12.1 Å². The fraction of sp³-hybridized carbons (Fsp3) is 0.400. The van der Waals surface area contributed by atoms with Crippen molar-refractivity contribution in [1.29, 1.82) is 0 Å². The lowest BCUT2D eigenvalue weighted by molar-refractivity contribution is -0.164. The molecule has 166 valence electrons. The fourth-order valence-corrected chi connectivity index (χ4v) is 3.06. The lowest BCUT2D eigenvalue weighted by atomic mass is 9.91. The molecule has 11 heteroatoms. The number of likely N-dealkylation sites (tertiary alicyclic amines) is 1. The molecule has 1 saturated heterocycles. The van der Waals surface area contributed by atoms with Crippen molar-refractivity contribution in [3.63, 3.8) is 0 Å². The molecule has 1 aliphatic rings. The Morgan fingerprint density at radius 3 is 2.42 bits per heavy atom. The molecule has 2 aromatic rings. The maximum absolute atomic E-state index is 15.5. The summed E-state index contributed by atoms with van der Waals surface area (Å²) >= 11 is 0. The van der Waals surface area contributed by atoms with Gasteiger partial charge < -0.3 is 29.0 Å². The summed E-state index contributed by atoms with van der Waals surface area (Å²) in [6.07, 6.45) is -2.38. The molecule has 1 aromatic carbocycles. The van der Waals surface area contributed by atoms with Crippen LogP contribution in [0.1, 0.15) is 12.0 Å². The Labute approximate surface area is 177 Å². The van der Waals surface area contributed by atoms with Crippen LogP contribution in [0.15, 0.2) is 36.4 Å². The van der Waals surface area contributed by atoms with Gasteiger partial charge in [0, 0.05) is 13.0 Å². The first-order valence-electron chi connectivity index (χ1n) is 9.37. The molecule has 3 rings (SSSR count). The number of aromatic nitrogens is 2. The van der Waals surface area contributed by atoms with E-state index in [1.165, 1.54) is 20.3 Å². The van der Waals surface area contributed by atoms with E-state index in [-0.39, 0.29) is 37.3 Å².